The fraction of sp³-hybridized carbons (Fsp3) is 0.759. The summed E-state index contributed by atoms with van der Waals surface area (Å²) in [5, 5.41) is 11.4. The molecule has 2 aliphatic rings. The molecule has 1 aromatic rings. The summed E-state index contributed by atoms with van der Waals surface area (Å²) in [4.78, 5) is 13.0. The molecule has 0 spiro atoms. The van der Waals surface area contributed by atoms with Crippen LogP contribution in [-0.2, 0) is 33.3 Å². The van der Waals surface area contributed by atoms with Crippen molar-refractivity contribution in [1.82, 2.24) is 0 Å². The van der Waals surface area contributed by atoms with Crippen LogP contribution in [0.25, 0.3) is 0 Å². The first kappa shape index (κ1) is 31.0. The van der Waals surface area contributed by atoms with E-state index in [0.29, 0.717) is 24.0 Å². The highest BCUT2D eigenvalue weighted by molar-refractivity contribution is 7.86. The Kier molecular flexibility index (Phi) is 9.41. The highest BCUT2D eigenvalue weighted by atomic mass is 32.2. The summed E-state index contributed by atoms with van der Waals surface area (Å²) in [6.07, 6.45) is -1.92. The number of carbonyl (C=O) groups is 1. The Morgan fingerprint density at radius 3 is 1.97 bits per heavy atom. The van der Waals surface area contributed by atoms with Crippen LogP contribution in [0.15, 0.2) is 17.0 Å². The van der Waals surface area contributed by atoms with Gasteiger partial charge in [-0.05, 0) is 54.2 Å². The van der Waals surface area contributed by atoms with Crippen LogP contribution in [0.1, 0.15) is 122 Å². The van der Waals surface area contributed by atoms with E-state index in [0.717, 1.165) is 5.56 Å². The number of hydrogen-bond acceptors (Lipinski definition) is 8. The van der Waals surface area contributed by atoms with Crippen LogP contribution in [-0.4, -0.2) is 55.8 Å². The standard InChI is InChI=1S/C29H46O8S/c1-10-29(11-2)35-23-15-28(31,27(30)34-12-3)16-24(25(23)36-29)37-38(32,33)26-21(18(6)7)13-20(17(4)5)14-22(26)19(8)9/h13-14,17-19,23-25,31H,10-12,15-16H2,1-9H3. The molecular weight excluding hydrogens is 508 g/mol. The third-order valence-corrected chi connectivity index (χ3v) is 9.31. The highest BCUT2D eigenvalue weighted by Gasteiger charge is 2.59. The maximum Gasteiger partial charge on any atom is 0.338 e. The van der Waals surface area contributed by atoms with E-state index in [2.05, 4.69) is 13.8 Å². The fourth-order valence-corrected chi connectivity index (χ4v) is 7.29. The maximum atomic E-state index is 14.1. The molecule has 216 valence electrons. The lowest BCUT2D eigenvalue weighted by molar-refractivity contribution is -0.183. The van der Waals surface area contributed by atoms with Gasteiger partial charge in [0.2, 0.25) is 0 Å². The zero-order valence-electron chi connectivity index (χ0n) is 24.4. The Balaban J connectivity index is 2.11. The van der Waals surface area contributed by atoms with Crippen LogP contribution < -0.4 is 0 Å². The summed E-state index contributed by atoms with van der Waals surface area (Å²) < 4.78 is 51.9. The minimum absolute atomic E-state index is 0.0598. The van der Waals surface area contributed by atoms with Gasteiger partial charge in [0.15, 0.2) is 11.4 Å². The van der Waals surface area contributed by atoms with Crippen molar-refractivity contribution in [1.29, 1.82) is 0 Å². The first-order chi connectivity index (χ1) is 17.6. The van der Waals surface area contributed by atoms with E-state index in [1.54, 1.807) is 6.92 Å². The van der Waals surface area contributed by atoms with E-state index in [1.165, 1.54) is 0 Å². The maximum absolute atomic E-state index is 14.1. The van der Waals surface area contributed by atoms with Crippen molar-refractivity contribution in [2.45, 2.75) is 140 Å². The molecular formula is C29H46O8S. The summed E-state index contributed by atoms with van der Waals surface area (Å²) >= 11 is 0. The Morgan fingerprint density at radius 1 is 0.974 bits per heavy atom. The van der Waals surface area contributed by atoms with E-state index in [1.807, 2.05) is 53.7 Å². The molecule has 2 fully saturated rings. The number of hydrogen-bond donors (Lipinski definition) is 1. The predicted molar refractivity (Wildman–Crippen MR) is 145 cm³/mol. The molecule has 1 aliphatic heterocycles. The number of aliphatic hydroxyl groups is 1. The SMILES string of the molecule is CCOC(=O)C1(O)CC2OC(CC)(CC)OC2C(OS(=O)(=O)c2c(C(C)C)cc(C(C)C)cc2C(C)C)C1. The second-order valence-corrected chi connectivity index (χ2v) is 13.1. The molecule has 1 aliphatic carbocycles. The van der Waals surface area contributed by atoms with Crippen molar-refractivity contribution in [3.8, 4) is 0 Å². The van der Waals surface area contributed by atoms with Crippen LogP contribution in [0.4, 0.5) is 0 Å². The predicted octanol–water partition coefficient (Wildman–Crippen LogP) is 5.52. The quantitative estimate of drug-likeness (QED) is 0.298. The smallest absolute Gasteiger partial charge is 0.338 e. The van der Waals surface area contributed by atoms with Crippen LogP contribution in [0.5, 0.6) is 0 Å². The zero-order valence-corrected chi connectivity index (χ0v) is 25.2. The summed E-state index contributed by atoms with van der Waals surface area (Å²) in [5.41, 5.74) is 0.483. The lowest BCUT2D eigenvalue weighted by Gasteiger charge is -2.39. The van der Waals surface area contributed by atoms with Gasteiger partial charge in [-0.1, -0.05) is 67.5 Å². The van der Waals surface area contributed by atoms with Gasteiger partial charge in [0.05, 0.1) is 12.7 Å². The summed E-state index contributed by atoms with van der Waals surface area (Å²) in [7, 11) is -4.33. The molecule has 1 saturated carbocycles. The number of benzene rings is 1. The molecule has 4 atom stereocenters. The molecule has 0 amide bonds. The lowest BCUT2D eigenvalue weighted by Crippen LogP contribution is -2.56. The average Bonchev–Trinajstić information content (AvgIpc) is 3.22. The monoisotopic (exact) mass is 554 g/mol. The van der Waals surface area contributed by atoms with Crippen LogP contribution in [0.3, 0.4) is 0 Å². The summed E-state index contributed by atoms with van der Waals surface area (Å²) in [6, 6.07) is 3.90. The molecule has 0 radical (unpaired) electrons. The van der Waals surface area contributed by atoms with E-state index in [4.69, 9.17) is 18.4 Å². The van der Waals surface area contributed by atoms with Crippen LogP contribution in [0, 0.1) is 0 Å². The first-order valence-corrected chi connectivity index (χ1v) is 15.4. The topological polar surface area (TPSA) is 108 Å². The normalized spacial score (nSPS) is 27.2. The average molecular weight is 555 g/mol. The van der Waals surface area contributed by atoms with Gasteiger partial charge in [-0.2, -0.15) is 8.42 Å². The minimum Gasteiger partial charge on any atom is -0.464 e. The largest absolute Gasteiger partial charge is 0.464 e. The Labute approximate surface area is 228 Å². The van der Waals surface area contributed by atoms with Gasteiger partial charge in [-0.15, -0.1) is 0 Å². The molecule has 0 bridgehead atoms. The number of rotatable bonds is 10. The van der Waals surface area contributed by atoms with Gasteiger partial charge >= 0.3 is 5.97 Å². The van der Waals surface area contributed by atoms with Crippen LogP contribution in [0.2, 0.25) is 0 Å². The number of carbonyl (C=O) groups excluding carboxylic acids is 1. The van der Waals surface area contributed by atoms with Crippen molar-refractivity contribution in [3.63, 3.8) is 0 Å². The molecule has 1 aromatic carbocycles. The third-order valence-electron chi connectivity index (χ3n) is 7.84. The molecule has 38 heavy (non-hydrogen) atoms. The fourth-order valence-electron chi connectivity index (χ4n) is 5.53. The van der Waals surface area contributed by atoms with Gasteiger partial charge in [-0.25, -0.2) is 4.79 Å². The van der Waals surface area contributed by atoms with Crippen molar-refractivity contribution in [3.05, 3.63) is 28.8 Å². The third kappa shape index (κ3) is 5.97. The highest BCUT2D eigenvalue weighted by Crippen LogP contribution is 2.46. The van der Waals surface area contributed by atoms with E-state index in [-0.39, 0.29) is 42.1 Å². The molecule has 1 saturated heterocycles. The molecule has 3 rings (SSSR count). The second kappa shape index (κ2) is 11.5. The van der Waals surface area contributed by atoms with Crippen molar-refractivity contribution >= 4 is 16.1 Å². The van der Waals surface area contributed by atoms with Gasteiger partial charge in [0, 0.05) is 12.8 Å². The van der Waals surface area contributed by atoms with Gasteiger partial charge in [-0.3, -0.25) is 4.18 Å². The van der Waals surface area contributed by atoms with E-state index in [9.17, 15) is 18.3 Å². The van der Waals surface area contributed by atoms with Crippen LogP contribution >= 0.6 is 0 Å². The van der Waals surface area contributed by atoms with Gasteiger partial charge < -0.3 is 19.3 Å². The molecule has 9 heteroatoms. The number of esters is 1. The lowest BCUT2D eigenvalue weighted by atomic mass is 9.80. The van der Waals surface area contributed by atoms with Crippen molar-refractivity contribution < 1.29 is 36.7 Å². The van der Waals surface area contributed by atoms with E-state index < -0.39 is 45.8 Å². The second-order valence-electron chi connectivity index (χ2n) is 11.6. The van der Waals surface area contributed by atoms with E-state index >= 15 is 0 Å². The zero-order chi connectivity index (χ0) is 28.6. The molecule has 1 N–H and O–H groups in total. The molecule has 8 nitrogen and oxygen atoms in total. The molecule has 0 aromatic heterocycles. The van der Waals surface area contributed by atoms with Gasteiger partial charge in [0.1, 0.15) is 17.1 Å². The Morgan fingerprint density at radius 2 is 1.53 bits per heavy atom. The number of ether oxygens (including phenoxy) is 3. The first-order valence-electron chi connectivity index (χ1n) is 14.0. The Hall–Kier alpha value is -1.52. The number of fused-ring (bicyclic) bond motifs is 1. The van der Waals surface area contributed by atoms with Gasteiger partial charge in [0.25, 0.3) is 10.1 Å². The van der Waals surface area contributed by atoms with Crippen molar-refractivity contribution in [2.24, 2.45) is 0 Å². The minimum atomic E-state index is -4.33. The summed E-state index contributed by atoms with van der Waals surface area (Å²) in [5.74, 6) is -1.68. The Bertz CT molecular complexity index is 1080. The molecule has 4 unspecified atom stereocenters. The molecule has 1 heterocycles. The summed E-state index contributed by atoms with van der Waals surface area (Å²) in [6.45, 7) is 17.6. The van der Waals surface area contributed by atoms with Crippen molar-refractivity contribution in [2.75, 3.05) is 6.61 Å².